The minimum atomic E-state index is -0.154. The third-order valence-corrected chi connectivity index (χ3v) is 2.57. The Kier molecular flexibility index (Phi) is 6.29. The van der Waals surface area contributed by atoms with Gasteiger partial charge in [-0.25, -0.2) is 4.79 Å². The molecular weight excluding hydrogens is 208 g/mol. The van der Waals surface area contributed by atoms with E-state index < -0.39 is 0 Å². The standard InChI is InChI=1S/C10H22N4O2/c1-5-13(4)10(15)14(6-2)7-8(3)9(11)12-16/h8,16H,5-7H2,1-4H3,(H2,11,12). The fourth-order valence-corrected chi connectivity index (χ4v) is 1.24. The van der Waals surface area contributed by atoms with Crippen LogP contribution in [0.25, 0.3) is 0 Å². The van der Waals surface area contributed by atoms with E-state index in [0.717, 1.165) is 0 Å². The molecule has 1 unspecified atom stereocenters. The molecule has 0 aromatic carbocycles. The summed E-state index contributed by atoms with van der Waals surface area (Å²) in [5.74, 6) is -0.00967. The molecule has 0 aliphatic carbocycles. The number of amidine groups is 1. The monoisotopic (exact) mass is 230 g/mol. The number of amides is 2. The first kappa shape index (κ1) is 14.5. The molecule has 0 bridgehead atoms. The van der Waals surface area contributed by atoms with Crippen molar-refractivity contribution in [3.63, 3.8) is 0 Å². The van der Waals surface area contributed by atoms with Crippen LogP contribution >= 0.6 is 0 Å². The summed E-state index contributed by atoms with van der Waals surface area (Å²) < 4.78 is 0. The van der Waals surface area contributed by atoms with E-state index in [1.54, 1.807) is 16.8 Å². The third kappa shape index (κ3) is 3.96. The van der Waals surface area contributed by atoms with Crippen LogP contribution in [0.2, 0.25) is 0 Å². The van der Waals surface area contributed by atoms with E-state index in [0.29, 0.717) is 19.6 Å². The van der Waals surface area contributed by atoms with E-state index in [-0.39, 0.29) is 17.8 Å². The molecule has 0 aromatic heterocycles. The van der Waals surface area contributed by atoms with E-state index in [1.165, 1.54) is 0 Å². The smallest absolute Gasteiger partial charge is 0.319 e. The number of urea groups is 1. The van der Waals surface area contributed by atoms with Gasteiger partial charge >= 0.3 is 6.03 Å². The van der Waals surface area contributed by atoms with E-state index in [2.05, 4.69) is 5.16 Å². The Labute approximate surface area is 96.7 Å². The maximum atomic E-state index is 11.9. The molecule has 6 heteroatoms. The summed E-state index contributed by atoms with van der Waals surface area (Å²) in [5, 5.41) is 11.5. The van der Waals surface area contributed by atoms with Crippen LogP contribution in [0.5, 0.6) is 0 Å². The molecule has 94 valence electrons. The summed E-state index contributed by atoms with van der Waals surface area (Å²) in [5.41, 5.74) is 5.48. The molecule has 3 N–H and O–H groups in total. The second-order valence-corrected chi connectivity index (χ2v) is 3.76. The molecule has 16 heavy (non-hydrogen) atoms. The topological polar surface area (TPSA) is 82.2 Å². The normalized spacial score (nSPS) is 13.4. The van der Waals surface area contributed by atoms with Gasteiger partial charge in [0.05, 0.1) is 0 Å². The molecule has 0 saturated heterocycles. The summed E-state index contributed by atoms with van der Waals surface area (Å²) in [6.45, 7) is 7.35. The zero-order valence-corrected chi connectivity index (χ0v) is 10.5. The third-order valence-electron chi connectivity index (χ3n) is 2.57. The summed E-state index contributed by atoms with van der Waals surface area (Å²) in [6, 6.07) is -0.0393. The van der Waals surface area contributed by atoms with Crippen molar-refractivity contribution < 1.29 is 10.0 Å². The molecule has 0 saturated carbocycles. The maximum Gasteiger partial charge on any atom is 0.319 e. The largest absolute Gasteiger partial charge is 0.409 e. The van der Waals surface area contributed by atoms with Crippen LogP contribution in [0, 0.1) is 5.92 Å². The number of carbonyl (C=O) groups is 1. The molecule has 0 aliphatic rings. The van der Waals surface area contributed by atoms with Gasteiger partial charge in [0.1, 0.15) is 5.84 Å². The highest BCUT2D eigenvalue weighted by Crippen LogP contribution is 2.03. The summed E-state index contributed by atoms with van der Waals surface area (Å²) in [4.78, 5) is 15.2. The van der Waals surface area contributed by atoms with Crippen molar-refractivity contribution in [1.82, 2.24) is 9.80 Å². The number of rotatable bonds is 5. The highest BCUT2D eigenvalue weighted by Gasteiger charge is 2.19. The number of nitrogens with two attached hydrogens (primary N) is 1. The summed E-state index contributed by atoms with van der Waals surface area (Å²) >= 11 is 0. The minimum Gasteiger partial charge on any atom is -0.409 e. The molecule has 0 heterocycles. The van der Waals surface area contributed by atoms with Crippen LogP contribution in [-0.4, -0.2) is 53.6 Å². The van der Waals surface area contributed by atoms with Crippen molar-refractivity contribution in [3.8, 4) is 0 Å². The highest BCUT2D eigenvalue weighted by atomic mass is 16.4. The van der Waals surface area contributed by atoms with Gasteiger partial charge < -0.3 is 20.7 Å². The Morgan fingerprint density at radius 1 is 1.44 bits per heavy atom. The van der Waals surface area contributed by atoms with Crippen LogP contribution in [0.3, 0.4) is 0 Å². The molecule has 0 aromatic rings. The average Bonchev–Trinajstić information content (AvgIpc) is 2.32. The van der Waals surface area contributed by atoms with E-state index >= 15 is 0 Å². The highest BCUT2D eigenvalue weighted by molar-refractivity contribution is 5.83. The Balaban J connectivity index is 4.46. The van der Waals surface area contributed by atoms with Gasteiger partial charge in [0.15, 0.2) is 0 Å². The van der Waals surface area contributed by atoms with Gasteiger partial charge in [0.2, 0.25) is 0 Å². The summed E-state index contributed by atoms with van der Waals surface area (Å²) in [6.07, 6.45) is 0. The number of nitrogens with zero attached hydrogens (tertiary/aromatic N) is 3. The van der Waals surface area contributed by atoms with Gasteiger partial charge in [0.25, 0.3) is 0 Å². The van der Waals surface area contributed by atoms with Gasteiger partial charge in [-0.3, -0.25) is 0 Å². The predicted octanol–water partition coefficient (Wildman–Crippen LogP) is 0.762. The molecular formula is C10H22N4O2. The molecule has 6 nitrogen and oxygen atoms in total. The number of hydrogen-bond donors (Lipinski definition) is 2. The van der Waals surface area contributed by atoms with Crippen LogP contribution in [0.4, 0.5) is 4.79 Å². The lowest BCUT2D eigenvalue weighted by Gasteiger charge is -2.28. The molecule has 0 rings (SSSR count). The molecule has 2 amide bonds. The number of hydrogen-bond acceptors (Lipinski definition) is 3. The van der Waals surface area contributed by atoms with Gasteiger partial charge in [-0.15, -0.1) is 0 Å². The van der Waals surface area contributed by atoms with Crippen LogP contribution in [0.15, 0.2) is 5.16 Å². The number of carbonyl (C=O) groups excluding carboxylic acids is 1. The van der Waals surface area contributed by atoms with Crippen molar-refractivity contribution in [3.05, 3.63) is 0 Å². The van der Waals surface area contributed by atoms with Crippen LogP contribution in [-0.2, 0) is 0 Å². The predicted molar refractivity (Wildman–Crippen MR) is 63.5 cm³/mol. The van der Waals surface area contributed by atoms with Crippen LogP contribution < -0.4 is 5.73 Å². The van der Waals surface area contributed by atoms with Gasteiger partial charge in [-0.2, -0.15) is 0 Å². The quantitative estimate of drug-likeness (QED) is 0.316. The lowest BCUT2D eigenvalue weighted by Crippen LogP contribution is -2.44. The molecule has 0 fully saturated rings. The molecule has 1 atom stereocenters. The fourth-order valence-electron chi connectivity index (χ4n) is 1.24. The Bertz CT molecular complexity index is 255. The lowest BCUT2D eigenvalue weighted by atomic mass is 10.1. The van der Waals surface area contributed by atoms with Crippen molar-refractivity contribution >= 4 is 11.9 Å². The maximum absolute atomic E-state index is 11.9. The average molecular weight is 230 g/mol. The first-order valence-electron chi connectivity index (χ1n) is 5.45. The molecule has 0 radical (unpaired) electrons. The van der Waals surface area contributed by atoms with Gasteiger partial charge in [0, 0.05) is 32.6 Å². The first-order chi connectivity index (χ1) is 7.47. The Hall–Kier alpha value is -1.46. The van der Waals surface area contributed by atoms with Crippen molar-refractivity contribution in [1.29, 1.82) is 0 Å². The van der Waals surface area contributed by atoms with Crippen molar-refractivity contribution in [2.24, 2.45) is 16.8 Å². The number of oxime groups is 1. The molecule has 0 spiro atoms. The Morgan fingerprint density at radius 2 is 2.00 bits per heavy atom. The zero-order chi connectivity index (χ0) is 12.7. The minimum absolute atomic E-state index is 0.0393. The van der Waals surface area contributed by atoms with Gasteiger partial charge in [-0.05, 0) is 13.8 Å². The van der Waals surface area contributed by atoms with Gasteiger partial charge in [-0.1, -0.05) is 12.1 Å². The van der Waals surface area contributed by atoms with E-state index in [4.69, 9.17) is 10.9 Å². The van der Waals surface area contributed by atoms with Crippen molar-refractivity contribution in [2.45, 2.75) is 20.8 Å². The zero-order valence-electron chi connectivity index (χ0n) is 10.5. The first-order valence-corrected chi connectivity index (χ1v) is 5.45. The second-order valence-electron chi connectivity index (χ2n) is 3.76. The SMILES string of the molecule is CCN(C)C(=O)N(CC)CC(C)C(N)=NO. The van der Waals surface area contributed by atoms with Crippen molar-refractivity contribution in [2.75, 3.05) is 26.7 Å². The fraction of sp³-hybridized carbons (Fsp3) is 0.800. The van der Waals surface area contributed by atoms with E-state index in [1.807, 2.05) is 20.8 Å². The Morgan fingerprint density at radius 3 is 2.38 bits per heavy atom. The van der Waals surface area contributed by atoms with E-state index in [9.17, 15) is 4.79 Å². The lowest BCUT2D eigenvalue weighted by molar-refractivity contribution is 0.164. The van der Waals surface area contributed by atoms with Crippen LogP contribution in [0.1, 0.15) is 20.8 Å². The second kappa shape index (κ2) is 6.92. The molecule has 0 aliphatic heterocycles. The summed E-state index contributed by atoms with van der Waals surface area (Å²) in [7, 11) is 1.75.